The highest BCUT2D eigenvalue weighted by Crippen LogP contribution is 2.34. The van der Waals surface area contributed by atoms with E-state index in [9.17, 15) is 5.11 Å². The Kier molecular flexibility index (Phi) is 3.08. The molecule has 1 aromatic carbocycles. The van der Waals surface area contributed by atoms with Gasteiger partial charge in [0.2, 0.25) is 0 Å². The number of benzene rings is 1. The van der Waals surface area contributed by atoms with Gasteiger partial charge < -0.3 is 5.11 Å². The number of aromatic nitrogens is 1. The number of nitriles is 1. The Bertz CT molecular complexity index is 549. The van der Waals surface area contributed by atoms with Gasteiger partial charge in [0.05, 0.1) is 4.90 Å². The molecule has 0 aliphatic heterocycles. The highest BCUT2D eigenvalue weighted by molar-refractivity contribution is 7.99. The summed E-state index contributed by atoms with van der Waals surface area (Å²) in [7, 11) is 0. The van der Waals surface area contributed by atoms with Gasteiger partial charge in [-0.3, -0.25) is 0 Å². The minimum atomic E-state index is 0.209. The fourth-order valence-corrected chi connectivity index (χ4v) is 2.12. The van der Waals surface area contributed by atoms with Crippen LogP contribution in [0.15, 0.2) is 52.4 Å². The molecule has 0 saturated heterocycles. The van der Waals surface area contributed by atoms with Crippen LogP contribution < -0.4 is 0 Å². The Balaban J connectivity index is 2.35. The van der Waals surface area contributed by atoms with Crippen LogP contribution in [0.25, 0.3) is 0 Å². The molecule has 78 valence electrons. The second-order valence-electron chi connectivity index (χ2n) is 3.03. The molecule has 0 fully saturated rings. The van der Waals surface area contributed by atoms with Crippen molar-refractivity contribution in [2.75, 3.05) is 0 Å². The van der Waals surface area contributed by atoms with Crippen LogP contribution in [0, 0.1) is 11.3 Å². The van der Waals surface area contributed by atoms with Crippen LogP contribution in [0.1, 0.15) is 5.69 Å². The normalized spacial score (nSPS) is 9.69. The van der Waals surface area contributed by atoms with Crippen molar-refractivity contribution in [2.45, 2.75) is 9.79 Å². The molecule has 0 aliphatic carbocycles. The van der Waals surface area contributed by atoms with Crippen molar-refractivity contribution in [3.63, 3.8) is 0 Å². The smallest absolute Gasteiger partial charge is 0.154 e. The fraction of sp³-hybridized carbons (Fsp3) is 0. The molecule has 0 saturated carbocycles. The SMILES string of the molecule is N#Cc1ncccc1Sc1ccccc1O. The van der Waals surface area contributed by atoms with E-state index in [-0.39, 0.29) is 5.75 Å². The molecule has 0 unspecified atom stereocenters. The van der Waals surface area contributed by atoms with Gasteiger partial charge in [0, 0.05) is 11.1 Å². The molecule has 2 aromatic rings. The predicted octanol–water partition coefficient (Wildman–Crippen LogP) is 2.81. The van der Waals surface area contributed by atoms with E-state index in [0.29, 0.717) is 10.6 Å². The van der Waals surface area contributed by atoms with E-state index in [0.717, 1.165) is 4.90 Å². The number of para-hydroxylation sites is 1. The third kappa shape index (κ3) is 2.15. The van der Waals surface area contributed by atoms with Gasteiger partial charge in [-0.05, 0) is 24.3 Å². The van der Waals surface area contributed by atoms with Crippen LogP contribution in [-0.2, 0) is 0 Å². The zero-order valence-corrected chi connectivity index (χ0v) is 9.11. The number of aromatic hydroxyl groups is 1. The lowest BCUT2D eigenvalue weighted by atomic mass is 10.3. The Morgan fingerprint density at radius 1 is 1.12 bits per heavy atom. The third-order valence-corrected chi connectivity index (χ3v) is 3.08. The number of pyridine rings is 1. The van der Waals surface area contributed by atoms with Gasteiger partial charge in [0.1, 0.15) is 11.8 Å². The molecule has 16 heavy (non-hydrogen) atoms. The molecular formula is C12H8N2OS. The molecule has 0 amide bonds. The molecule has 2 rings (SSSR count). The minimum absolute atomic E-state index is 0.209. The molecule has 0 aliphatic rings. The summed E-state index contributed by atoms with van der Waals surface area (Å²) in [6.07, 6.45) is 1.58. The van der Waals surface area contributed by atoms with E-state index in [1.54, 1.807) is 30.5 Å². The average Bonchev–Trinajstić information content (AvgIpc) is 2.33. The van der Waals surface area contributed by atoms with E-state index in [2.05, 4.69) is 4.98 Å². The van der Waals surface area contributed by atoms with Crippen molar-refractivity contribution in [1.29, 1.82) is 5.26 Å². The van der Waals surface area contributed by atoms with Crippen molar-refractivity contribution < 1.29 is 5.11 Å². The zero-order valence-electron chi connectivity index (χ0n) is 8.29. The first-order valence-corrected chi connectivity index (χ1v) is 5.44. The summed E-state index contributed by atoms with van der Waals surface area (Å²) in [5.74, 6) is 0.209. The Hall–Kier alpha value is -1.99. The molecule has 1 aromatic heterocycles. The maximum atomic E-state index is 9.61. The highest BCUT2D eigenvalue weighted by atomic mass is 32.2. The van der Waals surface area contributed by atoms with Gasteiger partial charge in [0.15, 0.2) is 5.69 Å². The Morgan fingerprint density at radius 2 is 1.88 bits per heavy atom. The van der Waals surface area contributed by atoms with Crippen molar-refractivity contribution >= 4 is 11.8 Å². The van der Waals surface area contributed by atoms with E-state index < -0.39 is 0 Å². The first-order chi connectivity index (χ1) is 7.81. The number of nitrogens with zero attached hydrogens (tertiary/aromatic N) is 2. The van der Waals surface area contributed by atoms with Crippen LogP contribution in [0.2, 0.25) is 0 Å². The topological polar surface area (TPSA) is 56.9 Å². The van der Waals surface area contributed by atoms with Gasteiger partial charge in [-0.1, -0.05) is 23.9 Å². The van der Waals surface area contributed by atoms with Crippen LogP contribution in [0.3, 0.4) is 0 Å². The number of hydrogen-bond donors (Lipinski definition) is 1. The quantitative estimate of drug-likeness (QED) is 0.858. The Morgan fingerprint density at radius 3 is 2.62 bits per heavy atom. The van der Waals surface area contributed by atoms with Crippen molar-refractivity contribution in [2.24, 2.45) is 0 Å². The monoisotopic (exact) mass is 228 g/mol. The van der Waals surface area contributed by atoms with Gasteiger partial charge in [-0.15, -0.1) is 0 Å². The van der Waals surface area contributed by atoms with Crippen LogP contribution in [-0.4, -0.2) is 10.1 Å². The zero-order chi connectivity index (χ0) is 11.4. The molecule has 0 bridgehead atoms. The van der Waals surface area contributed by atoms with E-state index in [4.69, 9.17) is 5.26 Å². The predicted molar refractivity (Wildman–Crippen MR) is 61.2 cm³/mol. The van der Waals surface area contributed by atoms with Gasteiger partial charge >= 0.3 is 0 Å². The summed E-state index contributed by atoms with van der Waals surface area (Å²) in [6, 6.07) is 12.6. The lowest BCUT2D eigenvalue weighted by Crippen LogP contribution is -1.85. The Labute approximate surface area is 97.4 Å². The lowest BCUT2D eigenvalue weighted by molar-refractivity contribution is 0.462. The van der Waals surface area contributed by atoms with Crippen LogP contribution in [0.5, 0.6) is 5.75 Å². The first kappa shape index (κ1) is 10.5. The van der Waals surface area contributed by atoms with Crippen molar-refractivity contribution in [3.8, 4) is 11.8 Å². The molecule has 4 heteroatoms. The molecule has 1 heterocycles. The molecule has 0 spiro atoms. The number of rotatable bonds is 2. The fourth-order valence-electron chi connectivity index (χ4n) is 1.22. The molecule has 3 nitrogen and oxygen atoms in total. The molecular weight excluding hydrogens is 220 g/mol. The van der Waals surface area contributed by atoms with E-state index in [1.807, 2.05) is 18.2 Å². The maximum Gasteiger partial charge on any atom is 0.154 e. The molecule has 0 radical (unpaired) electrons. The molecule has 1 N–H and O–H groups in total. The summed E-state index contributed by atoms with van der Waals surface area (Å²) in [4.78, 5) is 5.42. The minimum Gasteiger partial charge on any atom is -0.507 e. The van der Waals surface area contributed by atoms with Gasteiger partial charge in [-0.25, -0.2) is 4.98 Å². The van der Waals surface area contributed by atoms with E-state index in [1.165, 1.54) is 11.8 Å². The molecule has 0 atom stereocenters. The summed E-state index contributed by atoms with van der Waals surface area (Å²) in [6.45, 7) is 0. The van der Waals surface area contributed by atoms with Crippen molar-refractivity contribution in [3.05, 3.63) is 48.3 Å². The summed E-state index contributed by atoms with van der Waals surface area (Å²) < 4.78 is 0. The van der Waals surface area contributed by atoms with Crippen LogP contribution in [0.4, 0.5) is 0 Å². The summed E-state index contributed by atoms with van der Waals surface area (Å²) in [5.41, 5.74) is 0.371. The van der Waals surface area contributed by atoms with Gasteiger partial charge in [-0.2, -0.15) is 5.26 Å². The number of phenols is 1. The van der Waals surface area contributed by atoms with Crippen LogP contribution >= 0.6 is 11.8 Å². The van der Waals surface area contributed by atoms with Crippen molar-refractivity contribution in [1.82, 2.24) is 4.98 Å². The summed E-state index contributed by atoms with van der Waals surface area (Å²) >= 11 is 1.33. The maximum absolute atomic E-state index is 9.61. The third-order valence-electron chi connectivity index (χ3n) is 1.96. The number of hydrogen-bond acceptors (Lipinski definition) is 4. The summed E-state index contributed by atoms with van der Waals surface area (Å²) in [5, 5.41) is 18.5. The second-order valence-corrected chi connectivity index (χ2v) is 4.12. The lowest BCUT2D eigenvalue weighted by Gasteiger charge is -2.04. The largest absolute Gasteiger partial charge is 0.507 e. The highest BCUT2D eigenvalue weighted by Gasteiger charge is 2.06. The van der Waals surface area contributed by atoms with E-state index >= 15 is 0 Å². The standard InChI is InChI=1S/C12H8N2OS/c13-8-9-11(6-3-7-14-9)16-12-5-2-1-4-10(12)15/h1-7,15H. The van der Waals surface area contributed by atoms with Gasteiger partial charge in [0.25, 0.3) is 0 Å². The number of phenolic OH excluding ortho intramolecular Hbond substituents is 1. The average molecular weight is 228 g/mol. The second kappa shape index (κ2) is 4.69. The first-order valence-electron chi connectivity index (χ1n) is 4.62.